The maximum Gasteiger partial charge on any atom is 0.336 e. The normalized spacial score (nSPS) is 9.86. The molecule has 0 radical (unpaired) electrons. The molecule has 0 saturated heterocycles. The van der Waals surface area contributed by atoms with Gasteiger partial charge in [-0.25, -0.2) is 9.59 Å². The molecule has 0 N–H and O–H groups in total. The van der Waals surface area contributed by atoms with Crippen molar-refractivity contribution in [3.63, 3.8) is 0 Å². The Morgan fingerprint density at radius 3 is 2.50 bits per heavy atom. The van der Waals surface area contributed by atoms with Crippen LogP contribution in [0.4, 0.5) is 0 Å². The second kappa shape index (κ2) is 6.88. The van der Waals surface area contributed by atoms with Gasteiger partial charge in [-0.15, -0.1) is 0 Å². The molecule has 0 aliphatic carbocycles. The maximum atomic E-state index is 11.0. The van der Waals surface area contributed by atoms with E-state index in [1.807, 2.05) is 0 Å². The van der Waals surface area contributed by atoms with Gasteiger partial charge in [-0.3, -0.25) is 0 Å². The Bertz CT molecular complexity index is 253. The quantitative estimate of drug-likeness (QED) is 0.492. The first-order valence-electron chi connectivity index (χ1n) is 4.26. The Kier molecular flexibility index (Phi) is 6.11. The van der Waals surface area contributed by atoms with Crippen molar-refractivity contribution in [2.45, 2.75) is 13.8 Å². The fourth-order valence-corrected chi connectivity index (χ4v) is 0.635. The first-order chi connectivity index (χ1) is 6.61. The number of esters is 2. The summed E-state index contributed by atoms with van der Waals surface area (Å²) in [5.74, 6) is -1.04. The fourth-order valence-electron chi connectivity index (χ4n) is 0.635. The van der Waals surface area contributed by atoms with E-state index in [-0.39, 0.29) is 18.8 Å². The number of rotatable bonds is 5. The van der Waals surface area contributed by atoms with Crippen LogP contribution in [0.15, 0.2) is 24.3 Å². The van der Waals surface area contributed by atoms with Crippen LogP contribution in [-0.2, 0) is 19.1 Å². The van der Waals surface area contributed by atoms with Crippen molar-refractivity contribution in [2.24, 2.45) is 0 Å². The summed E-state index contributed by atoms with van der Waals surface area (Å²) in [6, 6.07) is 0. The van der Waals surface area contributed by atoms with E-state index in [1.54, 1.807) is 19.9 Å². The Labute approximate surface area is 83.2 Å². The van der Waals surface area contributed by atoms with Crippen LogP contribution in [0.2, 0.25) is 0 Å². The Balaban J connectivity index is 3.84. The monoisotopic (exact) mass is 198 g/mol. The number of hydrogen-bond donors (Lipinski definition) is 0. The molecule has 0 fully saturated rings. The summed E-state index contributed by atoms with van der Waals surface area (Å²) in [6.45, 7) is 6.96. The first-order valence-corrected chi connectivity index (χ1v) is 4.26. The lowest BCUT2D eigenvalue weighted by molar-refractivity contribution is -0.141. The van der Waals surface area contributed by atoms with Gasteiger partial charge in [0.25, 0.3) is 0 Å². The summed E-state index contributed by atoms with van der Waals surface area (Å²) in [5, 5.41) is 0. The van der Waals surface area contributed by atoms with Crippen LogP contribution in [0.25, 0.3) is 0 Å². The molecule has 0 aromatic carbocycles. The number of carbonyl (C=O) groups excluding carboxylic acids is 2. The minimum Gasteiger partial charge on any atom is -0.463 e. The highest BCUT2D eigenvalue weighted by Gasteiger charge is 2.09. The number of carbonyl (C=O) groups is 2. The molecule has 14 heavy (non-hydrogen) atoms. The molecule has 0 aliphatic heterocycles. The van der Waals surface area contributed by atoms with Crippen molar-refractivity contribution in [3.05, 3.63) is 24.3 Å². The van der Waals surface area contributed by atoms with Gasteiger partial charge in [-0.1, -0.05) is 12.7 Å². The summed E-state index contributed by atoms with van der Waals surface area (Å²) in [4.78, 5) is 21.8. The highest BCUT2D eigenvalue weighted by Crippen LogP contribution is 1.96. The summed E-state index contributed by atoms with van der Waals surface area (Å²) < 4.78 is 9.33. The van der Waals surface area contributed by atoms with Crippen LogP contribution in [0.3, 0.4) is 0 Å². The SMILES string of the molecule is C=C(COC(=O)/C=C/C)C(=O)OCC. The van der Waals surface area contributed by atoms with E-state index in [0.717, 1.165) is 0 Å². The van der Waals surface area contributed by atoms with Crippen LogP contribution in [-0.4, -0.2) is 25.2 Å². The summed E-state index contributed by atoms with van der Waals surface area (Å²) >= 11 is 0. The third kappa shape index (κ3) is 5.13. The van der Waals surface area contributed by atoms with Gasteiger partial charge in [-0.05, 0) is 13.8 Å². The van der Waals surface area contributed by atoms with E-state index in [1.165, 1.54) is 6.08 Å². The molecule has 0 unspecified atom stereocenters. The molecular formula is C10H14O4. The van der Waals surface area contributed by atoms with Crippen molar-refractivity contribution >= 4 is 11.9 Å². The highest BCUT2D eigenvalue weighted by molar-refractivity contribution is 5.89. The lowest BCUT2D eigenvalue weighted by atomic mass is 10.3. The van der Waals surface area contributed by atoms with E-state index < -0.39 is 11.9 Å². The van der Waals surface area contributed by atoms with Gasteiger partial charge in [-0.2, -0.15) is 0 Å². The molecule has 0 aromatic heterocycles. The van der Waals surface area contributed by atoms with Gasteiger partial charge >= 0.3 is 11.9 Å². The minimum absolute atomic E-state index is 0.129. The second-order valence-corrected chi connectivity index (χ2v) is 2.43. The molecule has 0 heterocycles. The Morgan fingerprint density at radius 1 is 1.36 bits per heavy atom. The first kappa shape index (κ1) is 12.4. The van der Waals surface area contributed by atoms with E-state index in [2.05, 4.69) is 16.1 Å². The molecule has 0 aromatic rings. The zero-order valence-corrected chi connectivity index (χ0v) is 8.41. The van der Waals surface area contributed by atoms with Crippen molar-refractivity contribution in [3.8, 4) is 0 Å². The van der Waals surface area contributed by atoms with Crippen molar-refractivity contribution < 1.29 is 19.1 Å². The molecule has 0 bridgehead atoms. The lowest BCUT2D eigenvalue weighted by Crippen LogP contribution is -2.13. The summed E-state index contributed by atoms with van der Waals surface area (Å²) in [6.07, 6.45) is 2.81. The molecule has 0 saturated carbocycles. The van der Waals surface area contributed by atoms with Crippen molar-refractivity contribution in [1.29, 1.82) is 0 Å². The molecule has 0 rings (SSSR count). The zero-order chi connectivity index (χ0) is 11.0. The van der Waals surface area contributed by atoms with Gasteiger partial charge < -0.3 is 9.47 Å². The minimum atomic E-state index is -0.541. The van der Waals surface area contributed by atoms with Gasteiger partial charge in [0.2, 0.25) is 0 Å². The van der Waals surface area contributed by atoms with Crippen LogP contribution in [0.5, 0.6) is 0 Å². The van der Waals surface area contributed by atoms with Gasteiger partial charge in [0, 0.05) is 6.08 Å². The van der Waals surface area contributed by atoms with Crippen LogP contribution in [0, 0.1) is 0 Å². The van der Waals surface area contributed by atoms with E-state index in [0.29, 0.717) is 0 Å². The average Bonchev–Trinajstić information content (AvgIpc) is 2.15. The van der Waals surface area contributed by atoms with Crippen molar-refractivity contribution in [1.82, 2.24) is 0 Å². The van der Waals surface area contributed by atoms with Gasteiger partial charge in [0.1, 0.15) is 6.61 Å². The Hall–Kier alpha value is -1.58. The summed E-state index contributed by atoms with van der Waals surface area (Å²) in [7, 11) is 0. The predicted octanol–water partition coefficient (Wildman–Crippen LogP) is 1.22. The van der Waals surface area contributed by atoms with Crippen LogP contribution in [0.1, 0.15) is 13.8 Å². The standard InChI is InChI=1S/C10H14O4/c1-4-6-9(11)14-7-8(3)10(12)13-5-2/h4,6H,3,5,7H2,1-2H3/b6-4+. The third-order valence-corrected chi connectivity index (χ3v) is 1.26. The number of hydrogen-bond acceptors (Lipinski definition) is 4. The molecule has 78 valence electrons. The molecule has 0 aliphatic rings. The van der Waals surface area contributed by atoms with Gasteiger partial charge in [0.15, 0.2) is 0 Å². The topological polar surface area (TPSA) is 52.6 Å². The number of ether oxygens (including phenoxy) is 2. The largest absolute Gasteiger partial charge is 0.463 e. The fraction of sp³-hybridized carbons (Fsp3) is 0.400. The van der Waals surface area contributed by atoms with Gasteiger partial charge in [0.05, 0.1) is 12.2 Å². The smallest absolute Gasteiger partial charge is 0.336 e. The second-order valence-electron chi connectivity index (χ2n) is 2.43. The van der Waals surface area contributed by atoms with Crippen LogP contribution >= 0.6 is 0 Å². The molecule has 0 spiro atoms. The third-order valence-electron chi connectivity index (χ3n) is 1.26. The predicted molar refractivity (Wildman–Crippen MR) is 51.5 cm³/mol. The van der Waals surface area contributed by atoms with Crippen LogP contribution < -0.4 is 0 Å². The number of allylic oxidation sites excluding steroid dienone is 1. The van der Waals surface area contributed by atoms with E-state index in [9.17, 15) is 9.59 Å². The summed E-state index contributed by atoms with van der Waals surface area (Å²) in [5.41, 5.74) is 0.129. The van der Waals surface area contributed by atoms with Crippen molar-refractivity contribution in [2.75, 3.05) is 13.2 Å². The van der Waals surface area contributed by atoms with E-state index in [4.69, 9.17) is 0 Å². The molecule has 0 atom stereocenters. The molecule has 0 amide bonds. The Morgan fingerprint density at radius 2 is 2.00 bits per heavy atom. The molecule has 4 heteroatoms. The lowest BCUT2D eigenvalue weighted by Gasteiger charge is -2.04. The molecular weight excluding hydrogens is 184 g/mol. The van der Waals surface area contributed by atoms with E-state index >= 15 is 0 Å². The average molecular weight is 198 g/mol. The molecule has 4 nitrogen and oxygen atoms in total. The zero-order valence-electron chi connectivity index (χ0n) is 8.41. The highest BCUT2D eigenvalue weighted by atomic mass is 16.5. The maximum absolute atomic E-state index is 11.0.